The molecular formula is C21H24N2O4. The van der Waals surface area contributed by atoms with Gasteiger partial charge in [0.15, 0.2) is 0 Å². The molecule has 2 aromatic rings. The Kier molecular flexibility index (Phi) is 6.41. The molecule has 0 unspecified atom stereocenters. The number of rotatable bonds is 7. The van der Waals surface area contributed by atoms with Crippen LogP contribution in [0.4, 0.5) is 0 Å². The second-order valence-corrected chi connectivity index (χ2v) is 6.76. The average Bonchev–Trinajstić information content (AvgIpc) is 2.71. The molecule has 142 valence electrons. The lowest BCUT2D eigenvalue weighted by Crippen LogP contribution is -2.44. The number of nitrogens with zero attached hydrogens (tertiary/aromatic N) is 2. The highest BCUT2D eigenvalue weighted by molar-refractivity contribution is 5.95. The van der Waals surface area contributed by atoms with Gasteiger partial charge in [-0.1, -0.05) is 12.1 Å². The number of aromatic nitrogens is 1. The molecule has 1 atom stereocenters. The zero-order valence-corrected chi connectivity index (χ0v) is 15.2. The third kappa shape index (κ3) is 5.29. The minimum Gasteiger partial charge on any atom is -0.489 e. The second-order valence-electron chi connectivity index (χ2n) is 6.76. The summed E-state index contributed by atoms with van der Waals surface area (Å²) in [5.74, 6) is -0.250. The van der Waals surface area contributed by atoms with Crippen LogP contribution in [0.25, 0.3) is 0 Å². The Morgan fingerprint density at radius 1 is 1.22 bits per heavy atom. The SMILES string of the molecule is O=C(O)CC[C@@H]1CCCCN1C(=O)c1cccc(OCc2cccnc2)c1. The molecule has 6 nitrogen and oxygen atoms in total. The number of likely N-dealkylation sites (tertiary alicyclic amines) is 1. The fourth-order valence-electron chi connectivity index (χ4n) is 3.39. The molecule has 1 amide bonds. The van der Waals surface area contributed by atoms with Crippen molar-refractivity contribution in [3.63, 3.8) is 0 Å². The summed E-state index contributed by atoms with van der Waals surface area (Å²) in [5.41, 5.74) is 1.53. The van der Waals surface area contributed by atoms with E-state index in [9.17, 15) is 9.59 Å². The number of aliphatic carboxylic acids is 1. The van der Waals surface area contributed by atoms with Crippen LogP contribution < -0.4 is 4.74 Å². The van der Waals surface area contributed by atoms with Gasteiger partial charge in [-0.25, -0.2) is 0 Å². The molecular weight excluding hydrogens is 344 g/mol. The predicted molar refractivity (Wildman–Crippen MR) is 101 cm³/mol. The van der Waals surface area contributed by atoms with E-state index in [-0.39, 0.29) is 18.4 Å². The average molecular weight is 368 g/mol. The van der Waals surface area contributed by atoms with Crippen LogP contribution in [0.2, 0.25) is 0 Å². The minimum absolute atomic E-state index is 0.0117. The van der Waals surface area contributed by atoms with Gasteiger partial charge in [-0.15, -0.1) is 0 Å². The Morgan fingerprint density at radius 3 is 2.89 bits per heavy atom. The number of carboxylic acids is 1. The number of hydrogen-bond donors (Lipinski definition) is 1. The van der Waals surface area contributed by atoms with Crippen molar-refractivity contribution in [2.45, 2.75) is 44.8 Å². The lowest BCUT2D eigenvalue weighted by molar-refractivity contribution is -0.137. The third-order valence-corrected chi connectivity index (χ3v) is 4.79. The van der Waals surface area contributed by atoms with Gasteiger partial charge in [-0.3, -0.25) is 14.6 Å². The summed E-state index contributed by atoms with van der Waals surface area (Å²) < 4.78 is 5.79. The van der Waals surface area contributed by atoms with Crippen LogP contribution in [-0.2, 0) is 11.4 Å². The van der Waals surface area contributed by atoms with Crippen molar-refractivity contribution in [2.75, 3.05) is 6.54 Å². The van der Waals surface area contributed by atoms with Crippen LogP contribution in [0.15, 0.2) is 48.8 Å². The van der Waals surface area contributed by atoms with E-state index in [0.29, 0.717) is 30.9 Å². The summed E-state index contributed by atoms with van der Waals surface area (Å²) in [4.78, 5) is 29.8. The summed E-state index contributed by atoms with van der Waals surface area (Å²) in [6.45, 7) is 1.06. The number of carbonyl (C=O) groups excluding carboxylic acids is 1. The molecule has 1 fully saturated rings. The first-order valence-electron chi connectivity index (χ1n) is 9.28. The number of ether oxygens (including phenoxy) is 1. The van der Waals surface area contributed by atoms with Gasteiger partial charge < -0.3 is 14.7 Å². The number of amides is 1. The Balaban J connectivity index is 1.67. The normalized spacial score (nSPS) is 16.7. The fourth-order valence-corrected chi connectivity index (χ4v) is 3.39. The molecule has 1 aromatic heterocycles. The van der Waals surface area contributed by atoms with Gasteiger partial charge in [0.05, 0.1) is 0 Å². The highest BCUT2D eigenvalue weighted by Gasteiger charge is 2.27. The largest absolute Gasteiger partial charge is 0.489 e. The van der Waals surface area contributed by atoms with Crippen LogP contribution in [0.5, 0.6) is 5.75 Å². The highest BCUT2D eigenvalue weighted by Crippen LogP contribution is 2.24. The van der Waals surface area contributed by atoms with Crippen molar-refractivity contribution >= 4 is 11.9 Å². The lowest BCUT2D eigenvalue weighted by Gasteiger charge is -2.35. The molecule has 3 rings (SSSR count). The highest BCUT2D eigenvalue weighted by atomic mass is 16.5. The van der Waals surface area contributed by atoms with Gasteiger partial charge in [-0.2, -0.15) is 0 Å². The first kappa shape index (κ1) is 18.9. The first-order chi connectivity index (χ1) is 13.1. The number of benzene rings is 1. The van der Waals surface area contributed by atoms with Crippen molar-refractivity contribution in [3.8, 4) is 5.75 Å². The van der Waals surface area contributed by atoms with Gasteiger partial charge in [-0.05, 0) is 49.9 Å². The second kappa shape index (κ2) is 9.16. The molecule has 1 N–H and O–H groups in total. The van der Waals surface area contributed by atoms with E-state index < -0.39 is 5.97 Å². The van der Waals surface area contributed by atoms with Gasteiger partial charge in [0, 0.05) is 42.5 Å². The molecule has 1 aliphatic rings. The number of piperidine rings is 1. The number of carboxylic acid groups (broad SMARTS) is 1. The molecule has 0 saturated carbocycles. The molecule has 2 heterocycles. The lowest BCUT2D eigenvalue weighted by atomic mass is 9.97. The molecule has 1 aliphatic heterocycles. The Bertz CT molecular complexity index is 779. The monoisotopic (exact) mass is 368 g/mol. The molecule has 0 bridgehead atoms. The van der Waals surface area contributed by atoms with Crippen molar-refractivity contribution in [1.29, 1.82) is 0 Å². The number of carbonyl (C=O) groups is 2. The van der Waals surface area contributed by atoms with Gasteiger partial charge >= 0.3 is 5.97 Å². The van der Waals surface area contributed by atoms with E-state index in [1.165, 1.54) is 0 Å². The van der Waals surface area contributed by atoms with Gasteiger partial charge in [0.1, 0.15) is 12.4 Å². The predicted octanol–water partition coefficient (Wildman–Crippen LogP) is 3.52. The van der Waals surface area contributed by atoms with E-state index in [1.54, 1.807) is 24.5 Å². The fraction of sp³-hybridized carbons (Fsp3) is 0.381. The zero-order valence-electron chi connectivity index (χ0n) is 15.2. The summed E-state index contributed by atoms with van der Waals surface area (Å²) in [7, 11) is 0. The topological polar surface area (TPSA) is 79.7 Å². The van der Waals surface area contributed by atoms with E-state index in [2.05, 4.69) is 4.98 Å². The van der Waals surface area contributed by atoms with Crippen molar-refractivity contribution < 1.29 is 19.4 Å². The third-order valence-electron chi connectivity index (χ3n) is 4.79. The molecule has 0 aliphatic carbocycles. The van der Waals surface area contributed by atoms with E-state index in [0.717, 1.165) is 24.8 Å². The van der Waals surface area contributed by atoms with Crippen molar-refractivity contribution in [3.05, 3.63) is 59.9 Å². The van der Waals surface area contributed by atoms with Crippen LogP contribution in [0.3, 0.4) is 0 Å². The van der Waals surface area contributed by atoms with Gasteiger partial charge in [0.2, 0.25) is 0 Å². The van der Waals surface area contributed by atoms with Gasteiger partial charge in [0.25, 0.3) is 5.91 Å². The minimum atomic E-state index is -0.821. The van der Waals surface area contributed by atoms with Crippen molar-refractivity contribution in [1.82, 2.24) is 9.88 Å². The summed E-state index contributed by atoms with van der Waals surface area (Å²) in [6.07, 6.45) is 6.88. The summed E-state index contributed by atoms with van der Waals surface area (Å²) >= 11 is 0. The molecule has 6 heteroatoms. The standard InChI is InChI=1S/C21H24N2O4/c24-20(25)10-9-18-7-1-2-12-23(18)21(26)17-6-3-8-19(13-17)27-15-16-5-4-11-22-14-16/h3-6,8,11,13-14,18H,1-2,7,9-10,12,15H2,(H,24,25)/t18-/m0/s1. The van der Waals surface area contributed by atoms with Crippen LogP contribution in [-0.4, -0.2) is 39.5 Å². The van der Waals surface area contributed by atoms with E-state index in [4.69, 9.17) is 9.84 Å². The molecule has 1 saturated heterocycles. The molecule has 1 aromatic carbocycles. The van der Waals surface area contributed by atoms with Crippen molar-refractivity contribution in [2.24, 2.45) is 0 Å². The first-order valence-corrected chi connectivity index (χ1v) is 9.28. The maximum absolute atomic E-state index is 13.0. The Morgan fingerprint density at radius 2 is 2.11 bits per heavy atom. The number of hydrogen-bond acceptors (Lipinski definition) is 4. The maximum Gasteiger partial charge on any atom is 0.303 e. The Labute approximate surface area is 158 Å². The number of pyridine rings is 1. The van der Waals surface area contributed by atoms with E-state index in [1.807, 2.05) is 29.2 Å². The van der Waals surface area contributed by atoms with E-state index >= 15 is 0 Å². The smallest absolute Gasteiger partial charge is 0.303 e. The Hall–Kier alpha value is -2.89. The van der Waals surface area contributed by atoms with Crippen LogP contribution in [0, 0.1) is 0 Å². The van der Waals surface area contributed by atoms with Crippen LogP contribution in [0.1, 0.15) is 48.0 Å². The summed E-state index contributed by atoms with van der Waals surface area (Å²) in [6, 6.07) is 10.9. The maximum atomic E-state index is 13.0. The summed E-state index contributed by atoms with van der Waals surface area (Å²) in [5, 5.41) is 8.95. The molecule has 27 heavy (non-hydrogen) atoms. The quantitative estimate of drug-likeness (QED) is 0.809. The zero-order chi connectivity index (χ0) is 19.1. The molecule has 0 radical (unpaired) electrons. The molecule has 0 spiro atoms. The van der Waals surface area contributed by atoms with Crippen LogP contribution >= 0.6 is 0 Å².